The fourth-order valence-electron chi connectivity index (χ4n) is 3.20. The number of primary amides is 1. The second-order valence-electron chi connectivity index (χ2n) is 6.53. The Morgan fingerprint density at radius 1 is 1.33 bits per heavy atom. The van der Waals surface area contributed by atoms with Crippen molar-refractivity contribution in [1.29, 1.82) is 0 Å². The number of nitrogens with zero attached hydrogens (tertiary/aromatic N) is 2. The quantitative estimate of drug-likeness (QED) is 0.621. The number of aromatic nitrogens is 2. The van der Waals surface area contributed by atoms with Crippen molar-refractivity contribution in [3.8, 4) is 5.75 Å². The van der Waals surface area contributed by atoms with Crippen molar-refractivity contribution in [2.75, 3.05) is 11.9 Å². The number of nitrogens with two attached hydrogens (primary N) is 1. The van der Waals surface area contributed by atoms with Gasteiger partial charge >= 0.3 is 6.09 Å². The number of ether oxygens (including phenoxy) is 1. The predicted molar refractivity (Wildman–Crippen MR) is 104 cm³/mol. The van der Waals surface area contributed by atoms with Gasteiger partial charge < -0.3 is 20.9 Å². The fraction of sp³-hybridized carbons (Fsp3) is 0.300. The fourth-order valence-corrected chi connectivity index (χ4v) is 3.20. The summed E-state index contributed by atoms with van der Waals surface area (Å²) in [5.74, 6) is 0.346. The van der Waals surface area contributed by atoms with Crippen molar-refractivity contribution in [2.24, 2.45) is 5.73 Å². The summed E-state index contributed by atoms with van der Waals surface area (Å²) in [4.78, 5) is 15.8. The second kappa shape index (κ2) is 7.67. The molecule has 142 valence electrons. The number of hydrogen-bond acceptors (Lipinski definition) is 5. The number of aryl methyl sites for hydroxylation is 3. The number of carbonyl (C=O) groups is 1. The Bertz CT molecular complexity index is 995. The number of pyridine rings is 1. The van der Waals surface area contributed by atoms with Gasteiger partial charge in [-0.25, -0.2) is 9.78 Å². The molecule has 1 amide bonds. The van der Waals surface area contributed by atoms with E-state index in [1.54, 1.807) is 12.3 Å². The number of rotatable bonds is 6. The molecule has 7 nitrogen and oxygen atoms in total. The highest BCUT2D eigenvalue weighted by Gasteiger charge is 2.14. The van der Waals surface area contributed by atoms with E-state index in [0.717, 1.165) is 39.4 Å². The Morgan fingerprint density at radius 2 is 2.11 bits per heavy atom. The van der Waals surface area contributed by atoms with Crippen LogP contribution in [0.1, 0.15) is 28.1 Å². The highest BCUT2D eigenvalue weighted by atomic mass is 16.5. The van der Waals surface area contributed by atoms with Crippen LogP contribution in [0.2, 0.25) is 0 Å². The standard InChI is InChI=1S/C20H24N4O3/c1-12-5-4-6-15(7-8-25)17(12)10-22-18-9-16(27-20(21)26)11-24-14(3)13(2)23-19(18)24/h4-6,9,11,22,25H,7-8,10H2,1-3H3,(H2,21,26). The lowest BCUT2D eigenvalue weighted by Crippen LogP contribution is -2.17. The van der Waals surface area contributed by atoms with Gasteiger partial charge in [-0.2, -0.15) is 0 Å². The molecule has 0 bridgehead atoms. The van der Waals surface area contributed by atoms with Gasteiger partial charge in [0, 0.05) is 24.9 Å². The van der Waals surface area contributed by atoms with Crippen LogP contribution in [0, 0.1) is 20.8 Å². The maximum atomic E-state index is 11.2. The second-order valence-corrected chi connectivity index (χ2v) is 6.53. The maximum absolute atomic E-state index is 11.2. The van der Waals surface area contributed by atoms with Crippen LogP contribution in [0.15, 0.2) is 30.5 Å². The number of fused-ring (bicyclic) bond motifs is 1. The number of benzene rings is 1. The zero-order valence-corrected chi connectivity index (χ0v) is 15.7. The molecule has 3 rings (SSSR count). The molecule has 27 heavy (non-hydrogen) atoms. The van der Waals surface area contributed by atoms with Crippen LogP contribution in [0.25, 0.3) is 5.65 Å². The minimum Gasteiger partial charge on any atom is -0.409 e. The van der Waals surface area contributed by atoms with E-state index >= 15 is 0 Å². The first kappa shape index (κ1) is 18.7. The highest BCUT2D eigenvalue weighted by molar-refractivity contribution is 5.73. The third-order valence-electron chi connectivity index (χ3n) is 4.73. The van der Waals surface area contributed by atoms with Crippen LogP contribution in [0.3, 0.4) is 0 Å². The van der Waals surface area contributed by atoms with Gasteiger partial charge in [0.1, 0.15) is 0 Å². The molecule has 0 aliphatic rings. The van der Waals surface area contributed by atoms with E-state index in [4.69, 9.17) is 10.5 Å². The summed E-state index contributed by atoms with van der Waals surface area (Å²) in [5, 5.41) is 12.7. The predicted octanol–water partition coefficient (Wildman–Crippen LogP) is 2.86. The monoisotopic (exact) mass is 368 g/mol. The lowest BCUT2D eigenvalue weighted by molar-refractivity contribution is 0.210. The van der Waals surface area contributed by atoms with Crippen molar-refractivity contribution in [2.45, 2.75) is 33.7 Å². The summed E-state index contributed by atoms with van der Waals surface area (Å²) in [7, 11) is 0. The minimum absolute atomic E-state index is 0.0985. The molecule has 0 atom stereocenters. The number of anilines is 1. The van der Waals surface area contributed by atoms with Crippen molar-refractivity contribution >= 4 is 17.4 Å². The third-order valence-corrected chi connectivity index (χ3v) is 4.73. The van der Waals surface area contributed by atoms with Gasteiger partial charge in [-0.1, -0.05) is 18.2 Å². The van der Waals surface area contributed by atoms with Crippen LogP contribution < -0.4 is 15.8 Å². The topological polar surface area (TPSA) is 102 Å². The molecular formula is C20H24N4O3. The highest BCUT2D eigenvalue weighted by Crippen LogP contribution is 2.27. The van der Waals surface area contributed by atoms with Gasteiger partial charge in [0.05, 0.1) is 17.6 Å². The van der Waals surface area contributed by atoms with Gasteiger partial charge in [0.2, 0.25) is 0 Å². The summed E-state index contributed by atoms with van der Waals surface area (Å²) in [6.07, 6.45) is 1.44. The average Bonchev–Trinajstić information content (AvgIpc) is 2.89. The summed E-state index contributed by atoms with van der Waals surface area (Å²) in [6.45, 7) is 6.59. The van der Waals surface area contributed by atoms with Gasteiger partial charge in [0.15, 0.2) is 11.4 Å². The third kappa shape index (κ3) is 3.88. The molecule has 0 spiro atoms. The summed E-state index contributed by atoms with van der Waals surface area (Å²) >= 11 is 0. The normalized spacial score (nSPS) is 11.0. The van der Waals surface area contributed by atoms with Crippen LogP contribution in [-0.2, 0) is 13.0 Å². The van der Waals surface area contributed by atoms with Gasteiger partial charge in [-0.05, 0) is 43.9 Å². The summed E-state index contributed by atoms with van der Waals surface area (Å²) in [5.41, 5.74) is 11.9. The van der Waals surface area contributed by atoms with E-state index in [9.17, 15) is 9.90 Å². The molecule has 0 aliphatic heterocycles. The van der Waals surface area contributed by atoms with E-state index in [2.05, 4.69) is 10.3 Å². The van der Waals surface area contributed by atoms with Gasteiger partial charge in [0.25, 0.3) is 0 Å². The number of carbonyl (C=O) groups excluding carboxylic acids is 1. The molecule has 0 radical (unpaired) electrons. The summed E-state index contributed by atoms with van der Waals surface area (Å²) < 4.78 is 6.96. The number of nitrogens with one attached hydrogen (secondary N) is 1. The van der Waals surface area contributed by atoms with Crippen molar-refractivity contribution in [1.82, 2.24) is 9.38 Å². The maximum Gasteiger partial charge on any atom is 0.410 e. The first-order valence-corrected chi connectivity index (χ1v) is 8.79. The van der Waals surface area contributed by atoms with Crippen LogP contribution in [-0.4, -0.2) is 27.2 Å². The molecule has 0 saturated carbocycles. The molecule has 0 aliphatic carbocycles. The molecule has 4 N–H and O–H groups in total. The van der Waals surface area contributed by atoms with E-state index in [-0.39, 0.29) is 6.61 Å². The van der Waals surface area contributed by atoms with Crippen molar-refractivity contribution in [3.05, 3.63) is 58.5 Å². The van der Waals surface area contributed by atoms with Crippen LogP contribution >= 0.6 is 0 Å². The molecule has 1 aromatic carbocycles. The molecule has 0 saturated heterocycles. The zero-order valence-electron chi connectivity index (χ0n) is 15.7. The van der Waals surface area contributed by atoms with Crippen molar-refractivity contribution in [3.63, 3.8) is 0 Å². The molecule has 2 heterocycles. The molecule has 7 heteroatoms. The Balaban J connectivity index is 1.99. The van der Waals surface area contributed by atoms with E-state index < -0.39 is 6.09 Å². The van der Waals surface area contributed by atoms with Crippen LogP contribution in [0.5, 0.6) is 5.75 Å². The lowest BCUT2D eigenvalue weighted by Gasteiger charge is -2.15. The van der Waals surface area contributed by atoms with Crippen molar-refractivity contribution < 1.29 is 14.6 Å². The molecule has 0 fully saturated rings. The number of amides is 1. The van der Waals surface area contributed by atoms with Crippen LogP contribution in [0.4, 0.5) is 10.5 Å². The molecule has 2 aromatic heterocycles. The smallest absolute Gasteiger partial charge is 0.409 e. The Morgan fingerprint density at radius 3 is 2.81 bits per heavy atom. The number of aliphatic hydroxyl groups excluding tert-OH is 1. The average molecular weight is 368 g/mol. The number of hydrogen-bond donors (Lipinski definition) is 3. The number of imidazole rings is 1. The largest absolute Gasteiger partial charge is 0.410 e. The molecule has 3 aromatic rings. The SMILES string of the molecule is Cc1cccc(CCO)c1CNc1cc(OC(N)=O)cn2c(C)c(C)nc12. The Labute approximate surface area is 157 Å². The van der Waals surface area contributed by atoms with Gasteiger partial charge in [-0.15, -0.1) is 0 Å². The Kier molecular flexibility index (Phi) is 5.32. The minimum atomic E-state index is -0.862. The van der Waals surface area contributed by atoms with Gasteiger partial charge in [-0.3, -0.25) is 4.40 Å². The molecule has 0 unspecified atom stereocenters. The summed E-state index contributed by atoms with van der Waals surface area (Å²) in [6, 6.07) is 7.77. The molecular weight excluding hydrogens is 344 g/mol. The van der Waals surface area contributed by atoms with E-state index in [1.165, 1.54) is 0 Å². The number of aliphatic hydroxyl groups is 1. The first-order valence-electron chi connectivity index (χ1n) is 8.79. The lowest BCUT2D eigenvalue weighted by atomic mass is 9.99. The Hall–Kier alpha value is -3.06. The van der Waals surface area contributed by atoms with E-state index in [0.29, 0.717) is 18.7 Å². The van der Waals surface area contributed by atoms with E-state index in [1.807, 2.05) is 43.4 Å². The first-order chi connectivity index (χ1) is 12.9. The zero-order chi connectivity index (χ0) is 19.6.